The Morgan fingerprint density at radius 3 is 2.40 bits per heavy atom. The van der Waals surface area contributed by atoms with E-state index in [2.05, 4.69) is 24.3 Å². The lowest BCUT2D eigenvalue weighted by Crippen LogP contribution is -1.92. The van der Waals surface area contributed by atoms with Crippen LogP contribution in [0.3, 0.4) is 0 Å². The summed E-state index contributed by atoms with van der Waals surface area (Å²) >= 11 is 0. The summed E-state index contributed by atoms with van der Waals surface area (Å²) in [5, 5.41) is 0. The van der Waals surface area contributed by atoms with Crippen LogP contribution >= 0.6 is 0 Å². The fraction of sp³-hybridized carbons (Fsp3) is 0.333. The van der Waals surface area contributed by atoms with Gasteiger partial charge in [-0.3, -0.25) is 0 Å². The standard InChI is InChI=1S/C9H8O/c1-2-4-7(5-3-1)9-6-8(9)10-9/h1-5,8H,6H2. The lowest BCUT2D eigenvalue weighted by Gasteiger charge is -1.99. The molecule has 0 amide bonds. The maximum atomic E-state index is 5.38. The zero-order chi connectivity index (χ0) is 6.60. The first-order valence-electron chi connectivity index (χ1n) is 3.65. The molecule has 1 nitrogen and oxygen atoms in total. The highest BCUT2D eigenvalue weighted by Gasteiger charge is 2.74. The highest BCUT2D eigenvalue weighted by molar-refractivity contribution is 5.38. The minimum absolute atomic E-state index is 0.210. The van der Waals surface area contributed by atoms with Gasteiger partial charge in [-0.2, -0.15) is 0 Å². The highest BCUT2D eigenvalue weighted by atomic mass is 16.6. The Labute approximate surface area is 59.6 Å². The number of rotatable bonds is 1. The van der Waals surface area contributed by atoms with E-state index in [-0.39, 0.29) is 5.60 Å². The van der Waals surface area contributed by atoms with Gasteiger partial charge in [0.2, 0.25) is 0 Å². The molecule has 0 radical (unpaired) electrons. The molecule has 0 spiro atoms. The van der Waals surface area contributed by atoms with Gasteiger partial charge in [0.05, 0.1) is 6.10 Å². The summed E-state index contributed by atoms with van der Waals surface area (Å²) < 4.78 is 5.38. The number of fused-ring (bicyclic) bond motifs is 1. The first kappa shape index (κ1) is 4.91. The third kappa shape index (κ3) is 0.433. The quantitative estimate of drug-likeness (QED) is 0.530. The Balaban J connectivity index is 2.07. The van der Waals surface area contributed by atoms with E-state index >= 15 is 0 Å². The van der Waals surface area contributed by atoms with Crippen molar-refractivity contribution >= 4 is 0 Å². The first-order valence-corrected chi connectivity index (χ1v) is 3.65. The molecule has 2 fully saturated rings. The van der Waals surface area contributed by atoms with E-state index in [9.17, 15) is 0 Å². The van der Waals surface area contributed by atoms with Crippen LogP contribution in [0, 0.1) is 0 Å². The average molecular weight is 132 g/mol. The molecule has 1 saturated heterocycles. The van der Waals surface area contributed by atoms with Crippen LogP contribution in [0.25, 0.3) is 0 Å². The second-order valence-corrected chi connectivity index (χ2v) is 3.07. The smallest absolute Gasteiger partial charge is 0.122 e. The molecule has 3 rings (SSSR count). The average Bonchev–Trinajstić information content (AvgIpc) is 2.74. The van der Waals surface area contributed by atoms with Crippen LogP contribution in [-0.2, 0) is 10.3 Å². The normalized spacial score (nSPS) is 40.6. The molecule has 1 aliphatic carbocycles. The minimum Gasteiger partial charge on any atom is -0.361 e. The summed E-state index contributed by atoms with van der Waals surface area (Å²) in [7, 11) is 0. The molecule has 2 unspecified atom stereocenters. The summed E-state index contributed by atoms with van der Waals surface area (Å²) in [4.78, 5) is 0. The van der Waals surface area contributed by atoms with E-state index in [1.165, 1.54) is 12.0 Å². The van der Waals surface area contributed by atoms with Crippen LogP contribution in [0.5, 0.6) is 0 Å². The number of epoxide rings is 1. The number of ether oxygens (including phenoxy) is 1. The summed E-state index contributed by atoms with van der Waals surface area (Å²) in [6.45, 7) is 0. The Bertz CT molecular complexity index is 259. The molecule has 1 heteroatoms. The summed E-state index contributed by atoms with van der Waals surface area (Å²) in [5.41, 5.74) is 1.57. The zero-order valence-electron chi connectivity index (χ0n) is 5.58. The van der Waals surface area contributed by atoms with Crippen LogP contribution in [0.4, 0.5) is 0 Å². The third-order valence-corrected chi connectivity index (χ3v) is 2.41. The van der Waals surface area contributed by atoms with Crippen LogP contribution < -0.4 is 0 Å². The first-order chi connectivity index (χ1) is 4.92. The third-order valence-electron chi connectivity index (χ3n) is 2.41. The molecular formula is C9H8O. The van der Waals surface area contributed by atoms with E-state index in [0.29, 0.717) is 6.10 Å². The Kier molecular flexibility index (Phi) is 0.627. The predicted octanol–water partition coefficient (Wildman–Crippen LogP) is 1.68. The molecule has 50 valence electrons. The number of hydrogen-bond donors (Lipinski definition) is 0. The van der Waals surface area contributed by atoms with Crippen molar-refractivity contribution in [3.63, 3.8) is 0 Å². The van der Waals surface area contributed by atoms with Gasteiger partial charge < -0.3 is 4.74 Å². The predicted molar refractivity (Wildman–Crippen MR) is 37.6 cm³/mol. The highest BCUT2D eigenvalue weighted by Crippen LogP contribution is 2.67. The fourth-order valence-corrected chi connectivity index (χ4v) is 1.52. The molecule has 2 aliphatic rings. The van der Waals surface area contributed by atoms with Gasteiger partial charge in [0.25, 0.3) is 0 Å². The van der Waals surface area contributed by atoms with Crippen molar-refractivity contribution in [1.82, 2.24) is 0 Å². The van der Waals surface area contributed by atoms with E-state index in [1.54, 1.807) is 0 Å². The summed E-state index contributed by atoms with van der Waals surface area (Å²) in [6.07, 6.45) is 1.83. The van der Waals surface area contributed by atoms with Gasteiger partial charge in [0.1, 0.15) is 5.60 Å². The van der Waals surface area contributed by atoms with E-state index in [4.69, 9.17) is 4.74 Å². The maximum absolute atomic E-state index is 5.38. The summed E-state index contributed by atoms with van der Waals surface area (Å²) in [5.74, 6) is 0. The van der Waals surface area contributed by atoms with Gasteiger partial charge in [0, 0.05) is 6.42 Å². The molecular weight excluding hydrogens is 124 g/mol. The monoisotopic (exact) mass is 132 g/mol. The van der Waals surface area contributed by atoms with Crippen molar-refractivity contribution in [3.8, 4) is 0 Å². The Morgan fingerprint density at radius 2 is 1.90 bits per heavy atom. The second-order valence-electron chi connectivity index (χ2n) is 3.07. The van der Waals surface area contributed by atoms with Crippen molar-refractivity contribution in [2.45, 2.75) is 18.1 Å². The van der Waals surface area contributed by atoms with Crippen molar-refractivity contribution in [3.05, 3.63) is 35.9 Å². The van der Waals surface area contributed by atoms with Crippen LogP contribution in [0.15, 0.2) is 30.3 Å². The van der Waals surface area contributed by atoms with Crippen molar-refractivity contribution in [1.29, 1.82) is 0 Å². The molecule has 1 heterocycles. The molecule has 1 saturated carbocycles. The molecule has 1 aromatic carbocycles. The fourth-order valence-electron chi connectivity index (χ4n) is 1.52. The lowest BCUT2D eigenvalue weighted by molar-refractivity contribution is 0.225. The van der Waals surface area contributed by atoms with Crippen LogP contribution in [-0.4, -0.2) is 6.10 Å². The molecule has 10 heavy (non-hydrogen) atoms. The van der Waals surface area contributed by atoms with E-state index in [1.807, 2.05) is 6.07 Å². The van der Waals surface area contributed by atoms with Crippen LogP contribution in [0.2, 0.25) is 0 Å². The second kappa shape index (κ2) is 1.28. The van der Waals surface area contributed by atoms with Gasteiger partial charge >= 0.3 is 0 Å². The van der Waals surface area contributed by atoms with Crippen molar-refractivity contribution < 1.29 is 4.74 Å². The topological polar surface area (TPSA) is 12.5 Å². The van der Waals surface area contributed by atoms with Gasteiger partial charge in [0.15, 0.2) is 0 Å². The lowest BCUT2D eigenvalue weighted by atomic mass is 10.1. The van der Waals surface area contributed by atoms with Gasteiger partial charge in [-0.1, -0.05) is 30.3 Å². The van der Waals surface area contributed by atoms with Crippen molar-refractivity contribution in [2.24, 2.45) is 0 Å². The molecule has 0 N–H and O–H groups in total. The molecule has 0 aromatic heterocycles. The largest absolute Gasteiger partial charge is 0.361 e. The van der Waals surface area contributed by atoms with Crippen LogP contribution in [0.1, 0.15) is 12.0 Å². The minimum atomic E-state index is 0.210. The number of benzene rings is 1. The molecule has 0 bridgehead atoms. The van der Waals surface area contributed by atoms with Gasteiger partial charge in [-0.25, -0.2) is 0 Å². The SMILES string of the molecule is c1ccc(C23CC2O3)cc1. The van der Waals surface area contributed by atoms with Gasteiger partial charge in [-0.15, -0.1) is 0 Å². The Hall–Kier alpha value is -0.820. The Morgan fingerprint density at radius 1 is 1.30 bits per heavy atom. The van der Waals surface area contributed by atoms with E-state index in [0.717, 1.165) is 0 Å². The maximum Gasteiger partial charge on any atom is 0.122 e. The molecule has 2 atom stereocenters. The zero-order valence-corrected chi connectivity index (χ0v) is 5.58. The van der Waals surface area contributed by atoms with E-state index < -0.39 is 0 Å². The molecule has 1 aromatic rings. The van der Waals surface area contributed by atoms with Crippen molar-refractivity contribution in [2.75, 3.05) is 0 Å². The summed E-state index contributed by atoms with van der Waals surface area (Å²) in [6, 6.07) is 10.5. The van der Waals surface area contributed by atoms with Gasteiger partial charge in [-0.05, 0) is 5.56 Å². The number of hydrogen-bond acceptors (Lipinski definition) is 1. The molecule has 1 aliphatic heterocycles.